The summed E-state index contributed by atoms with van der Waals surface area (Å²) in [6, 6.07) is 6.35. The lowest BCUT2D eigenvalue weighted by atomic mass is 9.89. The Bertz CT molecular complexity index is 1230. The third-order valence-electron chi connectivity index (χ3n) is 6.12. The zero-order valence-electron chi connectivity index (χ0n) is 18.1. The van der Waals surface area contributed by atoms with Gasteiger partial charge in [0.2, 0.25) is 5.95 Å². The van der Waals surface area contributed by atoms with Gasteiger partial charge >= 0.3 is 6.18 Å². The van der Waals surface area contributed by atoms with E-state index in [1.165, 1.54) is 11.3 Å². The molecule has 180 valence electrons. The topological polar surface area (TPSA) is 103 Å². The summed E-state index contributed by atoms with van der Waals surface area (Å²) < 4.78 is 65.1. The van der Waals surface area contributed by atoms with E-state index in [1.807, 2.05) is 13.0 Å². The molecule has 0 bridgehead atoms. The van der Waals surface area contributed by atoms with Crippen molar-refractivity contribution < 1.29 is 21.9 Å². The number of alkyl halides is 3. The monoisotopic (exact) mass is 508 g/mol. The quantitative estimate of drug-likeness (QED) is 0.412. The first kappa shape index (κ1) is 23.3. The van der Waals surface area contributed by atoms with E-state index < -0.39 is 28.7 Å². The molecule has 0 radical (unpaired) electrons. The van der Waals surface area contributed by atoms with E-state index in [0.717, 1.165) is 59.0 Å². The fraction of sp³-hybridized carbons (Fsp3) is 0.409. The van der Waals surface area contributed by atoms with E-state index >= 15 is 0 Å². The first-order chi connectivity index (χ1) is 16.1. The Morgan fingerprint density at radius 3 is 2.44 bits per heavy atom. The van der Waals surface area contributed by atoms with Gasteiger partial charge in [0.25, 0.3) is 0 Å². The van der Waals surface area contributed by atoms with Gasteiger partial charge in [0.05, 0.1) is 10.4 Å². The highest BCUT2D eigenvalue weighted by Crippen LogP contribution is 2.58. The predicted molar refractivity (Wildman–Crippen MR) is 122 cm³/mol. The average molecular weight is 509 g/mol. The molecule has 2 fully saturated rings. The smallest absolute Gasteiger partial charge is 0.433 e. The van der Waals surface area contributed by atoms with E-state index in [1.54, 1.807) is 18.3 Å². The molecule has 2 aromatic heterocycles. The predicted octanol–water partition coefficient (Wildman–Crippen LogP) is 5.07. The van der Waals surface area contributed by atoms with Gasteiger partial charge in [-0.05, 0) is 73.8 Å². The Kier molecular flexibility index (Phi) is 5.95. The molecule has 1 atom stereocenters. The SMILES string of the molecule is Cc1cc(Nc2nccc(C(F)(F)F)n2)cc(-c2cnc(C(NS(=O)[O-])(C3CC3)C3CC3)s2)c1. The Labute approximate surface area is 200 Å². The van der Waals surface area contributed by atoms with Crippen LogP contribution in [0.3, 0.4) is 0 Å². The summed E-state index contributed by atoms with van der Waals surface area (Å²) in [6.07, 6.45) is 2.08. The van der Waals surface area contributed by atoms with Crippen molar-refractivity contribution in [3.63, 3.8) is 0 Å². The van der Waals surface area contributed by atoms with Gasteiger partial charge in [0.1, 0.15) is 10.7 Å². The molecule has 2 aliphatic carbocycles. The van der Waals surface area contributed by atoms with Crippen LogP contribution >= 0.6 is 11.3 Å². The molecule has 7 nitrogen and oxygen atoms in total. The molecule has 0 aliphatic heterocycles. The minimum atomic E-state index is -4.56. The zero-order chi connectivity index (χ0) is 24.1. The molecular weight excluding hydrogens is 487 g/mol. The maximum absolute atomic E-state index is 13.0. The summed E-state index contributed by atoms with van der Waals surface area (Å²) in [6.45, 7) is 1.88. The minimum Gasteiger partial charge on any atom is -0.760 e. The molecule has 0 spiro atoms. The number of thiazole rings is 1. The van der Waals surface area contributed by atoms with Crippen molar-refractivity contribution in [2.45, 2.75) is 44.3 Å². The highest BCUT2D eigenvalue weighted by molar-refractivity contribution is 7.77. The Morgan fingerprint density at radius 2 is 1.82 bits per heavy atom. The van der Waals surface area contributed by atoms with Gasteiger partial charge in [-0.15, -0.1) is 11.3 Å². The number of nitrogens with zero attached hydrogens (tertiary/aromatic N) is 3. The Hall–Kier alpha value is -2.41. The van der Waals surface area contributed by atoms with Crippen LogP contribution in [-0.2, 0) is 23.0 Å². The van der Waals surface area contributed by atoms with Gasteiger partial charge in [-0.25, -0.2) is 19.7 Å². The first-order valence-electron chi connectivity index (χ1n) is 10.8. The number of benzene rings is 1. The van der Waals surface area contributed by atoms with Gasteiger partial charge in [-0.1, -0.05) is 6.07 Å². The van der Waals surface area contributed by atoms with E-state index in [0.29, 0.717) is 5.69 Å². The maximum Gasteiger partial charge on any atom is 0.433 e. The van der Waals surface area contributed by atoms with Gasteiger partial charge in [-0.3, -0.25) is 4.21 Å². The highest BCUT2D eigenvalue weighted by atomic mass is 32.2. The summed E-state index contributed by atoms with van der Waals surface area (Å²) >= 11 is -0.961. The zero-order valence-corrected chi connectivity index (χ0v) is 19.7. The summed E-state index contributed by atoms with van der Waals surface area (Å²) in [4.78, 5) is 12.9. The number of halogens is 3. The number of hydrogen-bond acceptors (Lipinski definition) is 7. The number of nitrogens with one attached hydrogen (secondary N) is 2. The molecule has 1 unspecified atom stereocenters. The molecule has 2 N–H and O–H groups in total. The van der Waals surface area contributed by atoms with Crippen molar-refractivity contribution >= 4 is 34.2 Å². The van der Waals surface area contributed by atoms with Crippen molar-refractivity contribution in [1.82, 2.24) is 19.7 Å². The van der Waals surface area contributed by atoms with Gasteiger partial charge in [0.15, 0.2) is 0 Å². The molecule has 3 aromatic rings. The summed E-state index contributed by atoms with van der Waals surface area (Å²) in [7, 11) is 0. The van der Waals surface area contributed by atoms with Crippen molar-refractivity contribution in [2.24, 2.45) is 11.8 Å². The number of anilines is 2. The summed E-state index contributed by atoms with van der Waals surface area (Å²) in [5.41, 5.74) is 0.563. The molecule has 2 heterocycles. The maximum atomic E-state index is 13.0. The number of aromatic nitrogens is 3. The molecule has 12 heteroatoms. The number of aryl methyl sites for hydroxylation is 1. The van der Waals surface area contributed by atoms with Crippen LogP contribution in [0.2, 0.25) is 0 Å². The van der Waals surface area contributed by atoms with Crippen LogP contribution in [0, 0.1) is 18.8 Å². The van der Waals surface area contributed by atoms with Crippen LogP contribution in [0.25, 0.3) is 10.4 Å². The van der Waals surface area contributed by atoms with E-state index in [4.69, 9.17) is 0 Å². The Morgan fingerprint density at radius 1 is 1.12 bits per heavy atom. The minimum absolute atomic E-state index is 0.153. The largest absolute Gasteiger partial charge is 0.760 e. The van der Waals surface area contributed by atoms with E-state index in [9.17, 15) is 21.9 Å². The second kappa shape index (κ2) is 8.67. The lowest BCUT2D eigenvalue weighted by molar-refractivity contribution is -0.141. The van der Waals surface area contributed by atoms with E-state index in [2.05, 4.69) is 25.0 Å². The fourth-order valence-electron chi connectivity index (χ4n) is 4.41. The van der Waals surface area contributed by atoms with Gasteiger partial charge < -0.3 is 9.87 Å². The average Bonchev–Trinajstić information content (AvgIpc) is 3.69. The van der Waals surface area contributed by atoms with Crippen LogP contribution in [0.1, 0.15) is 41.9 Å². The third-order valence-corrected chi connectivity index (χ3v) is 7.82. The summed E-state index contributed by atoms with van der Waals surface area (Å²) in [5, 5.41) is 3.61. The van der Waals surface area contributed by atoms with Crippen LogP contribution in [0.15, 0.2) is 36.7 Å². The lowest BCUT2D eigenvalue weighted by Gasteiger charge is -2.34. The molecule has 1 aromatic carbocycles. The van der Waals surface area contributed by atoms with Crippen molar-refractivity contribution in [1.29, 1.82) is 0 Å². The van der Waals surface area contributed by atoms with Crippen molar-refractivity contribution in [3.05, 3.63) is 52.9 Å². The van der Waals surface area contributed by atoms with Crippen LogP contribution in [-0.4, -0.2) is 23.7 Å². The molecule has 5 rings (SSSR count). The molecule has 2 aliphatic rings. The summed E-state index contributed by atoms with van der Waals surface area (Å²) in [5.74, 6) is 0.328. The number of rotatable bonds is 8. The second-order valence-electron chi connectivity index (χ2n) is 8.76. The standard InChI is InChI=1S/C22H22F3N5O2S2/c1-12-8-13(10-16(9-12)28-20-26-7-6-18(29-20)22(23,24)25)17-11-27-19(33-17)21(14-2-3-14,15-4-5-15)30-34(31)32/h6-11,14-15,30H,2-5H2,1H3,(H,31,32)(H,26,28,29)/p-1. The van der Waals surface area contributed by atoms with Crippen molar-refractivity contribution in [2.75, 3.05) is 5.32 Å². The molecule has 0 saturated heterocycles. The third kappa shape index (κ3) is 4.72. The van der Waals surface area contributed by atoms with Crippen LogP contribution in [0.4, 0.5) is 24.8 Å². The first-order valence-corrected chi connectivity index (χ1v) is 12.7. The van der Waals surface area contributed by atoms with Crippen molar-refractivity contribution in [3.8, 4) is 10.4 Å². The van der Waals surface area contributed by atoms with E-state index in [-0.39, 0.29) is 17.8 Å². The normalized spacial score (nSPS) is 17.6. The molecule has 0 amide bonds. The molecular formula is C22H21F3N5O2S2-. The highest BCUT2D eigenvalue weighted by Gasteiger charge is 2.57. The van der Waals surface area contributed by atoms with Crippen LogP contribution in [0.5, 0.6) is 0 Å². The lowest BCUT2D eigenvalue weighted by Crippen LogP contribution is -2.47. The molecule has 2 saturated carbocycles. The molecule has 34 heavy (non-hydrogen) atoms. The number of hydrogen-bond donors (Lipinski definition) is 2. The second-order valence-corrected chi connectivity index (χ2v) is 10.5. The van der Waals surface area contributed by atoms with Gasteiger partial charge in [0, 0.05) is 29.3 Å². The Balaban J connectivity index is 1.45. The van der Waals surface area contributed by atoms with Crippen LogP contribution < -0.4 is 10.0 Å². The van der Waals surface area contributed by atoms with Gasteiger partial charge in [-0.2, -0.15) is 13.2 Å². The fourth-order valence-corrected chi connectivity index (χ4v) is 6.39.